The van der Waals surface area contributed by atoms with Gasteiger partial charge in [-0.1, -0.05) is 35.4 Å². The molecule has 5 nitrogen and oxygen atoms in total. The summed E-state index contributed by atoms with van der Waals surface area (Å²) in [6.45, 7) is 3.89. The van der Waals surface area contributed by atoms with Gasteiger partial charge in [-0.05, 0) is 61.9 Å². The smallest absolute Gasteiger partial charge is 0.275 e. The van der Waals surface area contributed by atoms with Crippen LogP contribution in [0.3, 0.4) is 0 Å². The first kappa shape index (κ1) is 18.9. The molecule has 1 heterocycles. The van der Waals surface area contributed by atoms with E-state index in [0.29, 0.717) is 27.5 Å². The van der Waals surface area contributed by atoms with E-state index in [9.17, 15) is 9.59 Å². The van der Waals surface area contributed by atoms with Crippen LogP contribution in [0, 0.1) is 13.8 Å². The SMILES string of the molecule is Cc1ccc(NC(=O)c2ccc(N=C3C(=O)Nc4c(C)ccc(Cl)c43)cc2)cc1. The summed E-state index contributed by atoms with van der Waals surface area (Å²) in [4.78, 5) is 29.3. The predicted octanol–water partition coefficient (Wildman–Crippen LogP) is 5.28. The van der Waals surface area contributed by atoms with Gasteiger partial charge in [0.1, 0.15) is 5.71 Å². The number of amides is 2. The van der Waals surface area contributed by atoms with E-state index in [1.807, 2.05) is 44.2 Å². The van der Waals surface area contributed by atoms with Crippen molar-refractivity contribution in [2.75, 3.05) is 10.6 Å². The molecule has 0 radical (unpaired) electrons. The van der Waals surface area contributed by atoms with Gasteiger partial charge in [-0.15, -0.1) is 0 Å². The van der Waals surface area contributed by atoms with Gasteiger partial charge in [0, 0.05) is 16.8 Å². The monoisotopic (exact) mass is 403 g/mol. The van der Waals surface area contributed by atoms with Crippen molar-refractivity contribution >= 4 is 46.2 Å². The molecule has 0 atom stereocenters. The molecule has 6 heteroatoms. The number of rotatable bonds is 3. The number of nitrogens with zero attached hydrogens (tertiary/aromatic N) is 1. The molecule has 1 aliphatic rings. The molecular weight excluding hydrogens is 386 g/mol. The van der Waals surface area contributed by atoms with E-state index in [4.69, 9.17) is 11.6 Å². The van der Waals surface area contributed by atoms with E-state index in [1.165, 1.54) is 0 Å². The number of halogens is 1. The molecular formula is C23H18ClN3O2. The number of hydrogen-bond acceptors (Lipinski definition) is 3. The maximum absolute atomic E-state index is 12.4. The molecule has 2 amide bonds. The largest absolute Gasteiger partial charge is 0.322 e. The molecule has 1 aliphatic heterocycles. The van der Waals surface area contributed by atoms with Crippen LogP contribution in [0.5, 0.6) is 0 Å². The lowest BCUT2D eigenvalue weighted by molar-refractivity contribution is -0.110. The van der Waals surface area contributed by atoms with Crippen molar-refractivity contribution in [3.63, 3.8) is 0 Å². The molecule has 0 spiro atoms. The molecule has 0 saturated carbocycles. The fourth-order valence-corrected chi connectivity index (χ4v) is 3.37. The van der Waals surface area contributed by atoms with Gasteiger partial charge in [0.05, 0.1) is 16.4 Å². The highest BCUT2D eigenvalue weighted by atomic mass is 35.5. The topological polar surface area (TPSA) is 70.6 Å². The molecule has 0 fully saturated rings. The van der Waals surface area contributed by atoms with E-state index in [-0.39, 0.29) is 17.5 Å². The molecule has 144 valence electrons. The Hall–Kier alpha value is -3.44. The Morgan fingerprint density at radius 3 is 2.34 bits per heavy atom. The minimum atomic E-state index is -0.294. The van der Waals surface area contributed by atoms with Crippen LogP contribution in [-0.2, 0) is 4.79 Å². The first-order valence-electron chi connectivity index (χ1n) is 9.10. The summed E-state index contributed by atoms with van der Waals surface area (Å²) in [6.07, 6.45) is 0. The highest BCUT2D eigenvalue weighted by Crippen LogP contribution is 2.34. The van der Waals surface area contributed by atoms with Gasteiger partial charge < -0.3 is 10.6 Å². The normalized spacial score (nSPS) is 13.9. The Morgan fingerprint density at radius 2 is 1.66 bits per heavy atom. The highest BCUT2D eigenvalue weighted by molar-refractivity contribution is 6.57. The standard InChI is InChI=1S/C23H18ClN3O2/c1-13-3-8-17(9-4-13)26-22(28)15-6-10-16(11-7-15)25-21-19-18(24)12-5-14(2)20(19)27-23(21)29/h3-12H,1-2H3,(H,26,28)(H,25,27,29). The summed E-state index contributed by atoms with van der Waals surface area (Å²) in [6, 6.07) is 17.9. The number of fused-ring (bicyclic) bond motifs is 1. The van der Waals surface area contributed by atoms with Crippen molar-refractivity contribution in [1.29, 1.82) is 0 Å². The van der Waals surface area contributed by atoms with Crippen molar-refractivity contribution in [3.05, 3.63) is 87.9 Å². The van der Waals surface area contributed by atoms with Crippen LogP contribution >= 0.6 is 11.6 Å². The molecule has 29 heavy (non-hydrogen) atoms. The summed E-state index contributed by atoms with van der Waals surface area (Å²) in [5, 5.41) is 6.14. The van der Waals surface area contributed by atoms with Crippen LogP contribution in [0.4, 0.5) is 17.1 Å². The predicted molar refractivity (Wildman–Crippen MR) is 117 cm³/mol. The number of carbonyl (C=O) groups is 2. The number of aryl methyl sites for hydroxylation is 2. The molecule has 3 aromatic carbocycles. The first-order valence-corrected chi connectivity index (χ1v) is 9.48. The lowest BCUT2D eigenvalue weighted by Crippen LogP contribution is -2.14. The number of hydrogen-bond donors (Lipinski definition) is 2. The van der Waals surface area contributed by atoms with Crippen LogP contribution in [-0.4, -0.2) is 17.5 Å². The zero-order valence-corrected chi connectivity index (χ0v) is 16.7. The van der Waals surface area contributed by atoms with Crippen molar-refractivity contribution in [2.45, 2.75) is 13.8 Å². The number of aliphatic imine (C=N–C) groups is 1. The first-order chi connectivity index (χ1) is 13.9. The van der Waals surface area contributed by atoms with E-state index < -0.39 is 0 Å². The van der Waals surface area contributed by atoms with Crippen LogP contribution in [0.25, 0.3) is 0 Å². The van der Waals surface area contributed by atoms with Gasteiger partial charge >= 0.3 is 0 Å². The van der Waals surface area contributed by atoms with Crippen molar-refractivity contribution < 1.29 is 9.59 Å². The number of benzene rings is 3. The van der Waals surface area contributed by atoms with E-state index >= 15 is 0 Å². The van der Waals surface area contributed by atoms with E-state index in [0.717, 1.165) is 16.8 Å². The summed E-state index contributed by atoms with van der Waals surface area (Å²) in [5.74, 6) is -0.506. The van der Waals surface area contributed by atoms with Crippen LogP contribution < -0.4 is 10.6 Å². The number of anilines is 2. The molecule has 2 N–H and O–H groups in total. The maximum atomic E-state index is 12.4. The Balaban J connectivity index is 1.58. The quantitative estimate of drug-likeness (QED) is 0.624. The van der Waals surface area contributed by atoms with Crippen molar-refractivity contribution in [1.82, 2.24) is 0 Å². The Labute approximate surface area is 173 Å². The molecule has 0 aromatic heterocycles. The van der Waals surface area contributed by atoms with Gasteiger partial charge in [-0.2, -0.15) is 0 Å². The van der Waals surface area contributed by atoms with Gasteiger partial charge in [-0.25, -0.2) is 4.99 Å². The Bertz CT molecular complexity index is 1150. The molecule has 4 rings (SSSR count). The second-order valence-corrected chi connectivity index (χ2v) is 7.30. The minimum Gasteiger partial charge on any atom is -0.322 e. The lowest BCUT2D eigenvalue weighted by Gasteiger charge is -2.06. The Kier molecular flexibility index (Phi) is 4.91. The van der Waals surface area contributed by atoms with E-state index in [1.54, 1.807) is 30.3 Å². The second kappa shape index (κ2) is 7.53. The Morgan fingerprint density at radius 1 is 0.966 bits per heavy atom. The molecule has 0 saturated heterocycles. The van der Waals surface area contributed by atoms with Gasteiger partial charge in [-0.3, -0.25) is 9.59 Å². The molecule has 0 unspecified atom stereocenters. The van der Waals surface area contributed by atoms with Crippen molar-refractivity contribution in [2.24, 2.45) is 4.99 Å². The van der Waals surface area contributed by atoms with Crippen molar-refractivity contribution in [3.8, 4) is 0 Å². The average Bonchev–Trinajstić information content (AvgIpc) is 3.04. The zero-order chi connectivity index (χ0) is 20.5. The average molecular weight is 404 g/mol. The third-order valence-corrected chi connectivity index (χ3v) is 5.05. The molecule has 0 bridgehead atoms. The summed E-state index contributed by atoms with van der Waals surface area (Å²) in [7, 11) is 0. The fraction of sp³-hybridized carbons (Fsp3) is 0.0870. The highest BCUT2D eigenvalue weighted by Gasteiger charge is 2.29. The van der Waals surface area contributed by atoms with Gasteiger partial charge in [0.25, 0.3) is 11.8 Å². The molecule has 0 aliphatic carbocycles. The third-order valence-electron chi connectivity index (χ3n) is 4.73. The number of carbonyl (C=O) groups excluding carboxylic acids is 2. The maximum Gasteiger partial charge on any atom is 0.275 e. The minimum absolute atomic E-state index is 0.212. The fourth-order valence-electron chi connectivity index (χ4n) is 3.12. The van der Waals surface area contributed by atoms with E-state index in [2.05, 4.69) is 15.6 Å². The molecule has 3 aromatic rings. The third kappa shape index (κ3) is 3.77. The lowest BCUT2D eigenvalue weighted by atomic mass is 10.1. The van der Waals surface area contributed by atoms with Gasteiger partial charge in [0.15, 0.2) is 0 Å². The summed E-state index contributed by atoms with van der Waals surface area (Å²) >= 11 is 6.30. The van der Waals surface area contributed by atoms with Crippen LogP contribution in [0.15, 0.2) is 65.7 Å². The van der Waals surface area contributed by atoms with Gasteiger partial charge in [0.2, 0.25) is 0 Å². The summed E-state index contributed by atoms with van der Waals surface area (Å²) in [5.41, 5.74) is 5.41. The summed E-state index contributed by atoms with van der Waals surface area (Å²) < 4.78 is 0. The second-order valence-electron chi connectivity index (χ2n) is 6.90. The van der Waals surface area contributed by atoms with Crippen LogP contribution in [0.1, 0.15) is 27.0 Å². The van der Waals surface area contributed by atoms with Crippen LogP contribution in [0.2, 0.25) is 5.02 Å². The zero-order valence-electron chi connectivity index (χ0n) is 15.9. The number of nitrogens with one attached hydrogen (secondary N) is 2.